The Morgan fingerprint density at radius 3 is 1.51 bits per heavy atom. The van der Waals surface area contributed by atoms with Gasteiger partial charge in [-0.1, -0.05) is 170 Å². The van der Waals surface area contributed by atoms with Crippen LogP contribution < -0.4 is 4.90 Å². The fourth-order valence-electron chi connectivity index (χ4n) is 10.1. The fraction of sp³-hybridized carbons (Fsp3) is 0.0175. The molecule has 2 aliphatic carbocycles. The topological polar surface area (TPSA) is 8.17 Å². The molecule has 0 saturated carbocycles. The van der Waals surface area contributed by atoms with Crippen LogP contribution in [0, 0.1) is 0 Å². The van der Waals surface area contributed by atoms with Crippen molar-refractivity contribution >= 4 is 28.0 Å². The molecule has 276 valence electrons. The molecule has 12 rings (SSSR count). The number of nitrogens with zero attached hydrogens (tertiary/aromatic N) is 2. The van der Waals surface area contributed by atoms with E-state index in [2.05, 4.69) is 240 Å². The van der Waals surface area contributed by atoms with E-state index in [1.807, 2.05) is 0 Å². The van der Waals surface area contributed by atoms with Gasteiger partial charge in [-0.3, -0.25) is 0 Å². The molecular formula is C57H38N2. The van der Waals surface area contributed by atoms with Gasteiger partial charge in [-0.05, 0) is 122 Å². The predicted molar refractivity (Wildman–Crippen MR) is 245 cm³/mol. The van der Waals surface area contributed by atoms with Gasteiger partial charge in [-0.25, -0.2) is 0 Å². The van der Waals surface area contributed by atoms with E-state index in [-0.39, 0.29) is 0 Å². The Bertz CT molecular complexity index is 3150. The van der Waals surface area contributed by atoms with Crippen LogP contribution in [0.1, 0.15) is 22.3 Å². The van der Waals surface area contributed by atoms with Crippen LogP contribution >= 0.6 is 0 Å². The minimum absolute atomic E-state index is 0.529. The molecule has 1 aromatic heterocycles. The van der Waals surface area contributed by atoms with Crippen LogP contribution in [0.2, 0.25) is 0 Å². The minimum atomic E-state index is -0.529. The summed E-state index contributed by atoms with van der Waals surface area (Å²) in [7, 11) is 0. The molecule has 0 unspecified atom stereocenters. The lowest BCUT2D eigenvalue weighted by Gasteiger charge is -2.32. The molecule has 0 radical (unpaired) electrons. The zero-order valence-corrected chi connectivity index (χ0v) is 32.3. The molecule has 0 atom stereocenters. The number of aromatic nitrogens is 1. The summed E-state index contributed by atoms with van der Waals surface area (Å²) in [6.07, 6.45) is 0. The standard InChI is InChI=1S/C57H38N2/c1-4-16-39(17-5-1)40-28-30-44(31-29-40)58(43-21-8-3-9-22-43)45-32-34-49-50-35-33-46(59-55-27-15-10-20-42(55)36-56(59)41-18-6-2-7-19-41)38-54(50)57(53(49)37-45)51-25-13-11-23-47(51)48-24-12-14-26-52(48)57/h1-38H. The zero-order valence-electron chi connectivity index (χ0n) is 32.3. The van der Waals surface area contributed by atoms with E-state index in [1.54, 1.807) is 0 Å². The van der Waals surface area contributed by atoms with Gasteiger partial charge < -0.3 is 9.47 Å². The van der Waals surface area contributed by atoms with Crippen LogP contribution in [0.15, 0.2) is 231 Å². The van der Waals surface area contributed by atoms with E-state index in [4.69, 9.17) is 0 Å². The molecule has 0 fully saturated rings. The first kappa shape index (κ1) is 33.5. The average molecular weight is 751 g/mol. The maximum absolute atomic E-state index is 2.49. The maximum Gasteiger partial charge on any atom is 0.0727 e. The smallest absolute Gasteiger partial charge is 0.0727 e. The number of benzene rings is 9. The Hall–Kier alpha value is -7.68. The van der Waals surface area contributed by atoms with E-state index < -0.39 is 5.41 Å². The van der Waals surface area contributed by atoms with Crippen molar-refractivity contribution in [1.29, 1.82) is 0 Å². The Labute approximate surface area is 344 Å². The quantitative estimate of drug-likeness (QED) is 0.164. The third kappa shape index (κ3) is 5.00. The van der Waals surface area contributed by atoms with Gasteiger partial charge in [0.2, 0.25) is 0 Å². The predicted octanol–water partition coefficient (Wildman–Crippen LogP) is 14.8. The Kier molecular flexibility index (Phi) is 7.48. The van der Waals surface area contributed by atoms with Crippen molar-refractivity contribution < 1.29 is 0 Å². The maximum atomic E-state index is 2.49. The van der Waals surface area contributed by atoms with Crippen LogP contribution in [-0.4, -0.2) is 4.57 Å². The molecule has 1 spiro atoms. The van der Waals surface area contributed by atoms with Gasteiger partial charge in [0, 0.05) is 28.1 Å². The molecule has 2 heteroatoms. The highest BCUT2D eigenvalue weighted by Crippen LogP contribution is 2.63. The largest absolute Gasteiger partial charge is 0.310 e. The molecule has 0 aliphatic heterocycles. The van der Waals surface area contributed by atoms with Crippen molar-refractivity contribution in [2.75, 3.05) is 4.90 Å². The summed E-state index contributed by atoms with van der Waals surface area (Å²) in [5.74, 6) is 0. The minimum Gasteiger partial charge on any atom is -0.310 e. The van der Waals surface area contributed by atoms with Crippen molar-refractivity contribution in [3.63, 3.8) is 0 Å². The SMILES string of the molecule is c1ccc(-c2ccc(N(c3ccccc3)c3ccc4c(c3)C3(c5ccccc5-c5ccccc53)c3cc(-n5c(-c6ccccc6)cc6ccccc65)ccc3-4)cc2)cc1. The number of para-hydroxylation sites is 2. The lowest BCUT2D eigenvalue weighted by atomic mass is 9.70. The zero-order chi connectivity index (χ0) is 38.9. The molecule has 59 heavy (non-hydrogen) atoms. The van der Waals surface area contributed by atoms with E-state index in [0.29, 0.717) is 0 Å². The first-order chi connectivity index (χ1) is 29.3. The molecule has 0 N–H and O–H groups in total. The lowest BCUT2D eigenvalue weighted by molar-refractivity contribution is 0.792. The van der Waals surface area contributed by atoms with Gasteiger partial charge in [-0.15, -0.1) is 0 Å². The molecule has 0 amide bonds. The summed E-state index contributed by atoms with van der Waals surface area (Å²) in [6, 6.07) is 84.8. The molecule has 9 aromatic carbocycles. The molecule has 0 bridgehead atoms. The van der Waals surface area contributed by atoms with E-state index >= 15 is 0 Å². The molecule has 2 aliphatic rings. The third-order valence-corrected chi connectivity index (χ3v) is 12.6. The van der Waals surface area contributed by atoms with Gasteiger partial charge in [-0.2, -0.15) is 0 Å². The lowest BCUT2D eigenvalue weighted by Crippen LogP contribution is -2.26. The van der Waals surface area contributed by atoms with Crippen molar-refractivity contribution in [2.45, 2.75) is 5.41 Å². The second-order valence-corrected chi connectivity index (χ2v) is 15.7. The van der Waals surface area contributed by atoms with Gasteiger partial charge in [0.05, 0.1) is 16.6 Å². The monoisotopic (exact) mass is 750 g/mol. The normalized spacial score (nSPS) is 12.9. The van der Waals surface area contributed by atoms with Crippen LogP contribution in [0.3, 0.4) is 0 Å². The number of fused-ring (bicyclic) bond motifs is 11. The number of hydrogen-bond donors (Lipinski definition) is 0. The van der Waals surface area contributed by atoms with Gasteiger partial charge in [0.1, 0.15) is 0 Å². The van der Waals surface area contributed by atoms with E-state index in [9.17, 15) is 0 Å². The molecule has 10 aromatic rings. The van der Waals surface area contributed by atoms with Crippen LogP contribution in [0.4, 0.5) is 17.1 Å². The van der Waals surface area contributed by atoms with Crippen LogP contribution in [0.25, 0.3) is 61.2 Å². The Morgan fingerprint density at radius 1 is 0.322 bits per heavy atom. The second-order valence-electron chi connectivity index (χ2n) is 15.7. The number of hydrogen-bond acceptors (Lipinski definition) is 1. The Morgan fingerprint density at radius 2 is 0.814 bits per heavy atom. The fourth-order valence-corrected chi connectivity index (χ4v) is 10.1. The third-order valence-electron chi connectivity index (χ3n) is 12.6. The van der Waals surface area contributed by atoms with E-state index in [1.165, 1.54) is 77.8 Å². The van der Waals surface area contributed by atoms with Crippen molar-refractivity contribution in [1.82, 2.24) is 4.57 Å². The summed E-state index contributed by atoms with van der Waals surface area (Å²) < 4.78 is 2.45. The van der Waals surface area contributed by atoms with Crippen molar-refractivity contribution in [3.8, 4) is 50.3 Å². The van der Waals surface area contributed by atoms with Crippen molar-refractivity contribution in [3.05, 3.63) is 253 Å². The molecular weight excluding hydrogens is 713 g/mol. The van der Waals surface area contributed by atoms with E-state index in [0.717, 1.165) is 22.7 Å². The second kappa shape index (κ2) is 13.2. The highest BCUT2D eigenvalue weighted by atomic mass is 15.1. The van der Waals surface area contributed by atoms with Crippen LogP contribution in [-0.2, 0) is 5.41 Å². The molecule has 0 saturated heterocycles. The van der Waals surface area contributed by atoms with Crippen molar-refractivity contribution in [2.24, 2.45) is 0 Å². The summed E-state index contributed by atoms with van der Waals surface area (Å²) in [4.78, 5) is 2.40. The average Bonchev–Trinajstić information content (AvgIpc) is 3.94. The number of rotatable bonds is 6. The molecule has 2 nitrogen and oxygen atoms in total. The van der Waals surface area contributed by atoms with Gasteiger partial charge in [0.15, 0.2) is 0 Å². The summed E-state index contributed by atoms with van der Waals surface area (Å²) in [5, 5.41) is 1.23. The summed E-state index contributed by atoms with van der Waals surface area (Å²) in [5.41, 5.74) is 20.4. The van der Waals surface area contributed by atoms with Gasteiger partial charge >= 0.3 is 0 Å². The van der Waals surface area contributed by atoms with Crippen LogP contribution in [0.5, 0.6) is 0 Å². The Balaban J connectivity index is 1.10. The first-order valence-electron chi connectivity index (χ1n) is 20.4. The molecule has 1 heterocycles. The highest BCUT2D eigenvalue weighted by Gasteiger charge is 2.52. The highest BCUT2D eigenvalue weighted by molar-refractivity contribution is 5.97. The summed E-state index contributed by atoms with van der Waals surface area (Å²) >= 11 is 0. The first-order valence-corrected chi connectivity index (χ1v) is 20.4. The summed E-state index contributed by atoms with van der Waals surface area (Å²) in [6.45, 7) is 0. The number of anilines is 3. The van der Waals surface area contributed by atoms with Gasteiger partial charge in [0.25, 0.3) is 0 Å².